The van der Waals surface area contributed by atoms with Crippen molar-refractivity contribution in [3.8, 4) is 40.3 Å². The van der Waals surface area contributed by atoms with E-state index < -0.39 is 0 Å². The van der Waals surface area contributed by atoms with Crippen LogP contribution in [0.2, 0.25) is 0 Å². The van der Waals surface area contributed by atoms with Crippen molar-refractivity contribution in [3.63, 3.8) is 0 Å². The molecule has 3 heterocycles. The summed E-state index contributed by atoms with van der Waals surface area (Å²) in [6, 6.07) is 65.9. The number of hydrogen-bond acceptors (Lipinski definition) is 2. The van der Waals surface area contributed by atoms with Gasteiger partial charge in [-0.2, -0.15) is 10.5 Å². The number of rotatable bonds is 4. The largest absolute Gasteiger partial charge is 0.309 e. The molecule has 0 saturated carbocycles. The molecule has 0 bridgehead atoms. The first-order valence-electron chi connectivity index (χ1n) is 18.3. The van der Waals surface area contributed by atoms with E-state index in [9.17, 15) is 10.5 Å². The molecule has 11 rings (SSSR count). The summed E-state index contributed by atoms with van der Waals surface area (Å²) in [7, 11) is 0. The zero-order chi connectivity index (χ0) is 36.6. The molecule has 0 saturated heterocycles. The van der Waals surface area contributed by atoms with Gasteiger partial charge in [-0.15, -0.1) is 0 Å². The van der Waals surface area contributed by atoms with Crippen LogP contribution in [0.4, 0.5) is 0 Å². The van der Waals surface area contributed by atoms with Crippen molar-refractivity contribution in [1.29, 1.82) is 10.5 Å². The highest BCUT2D eigenvalue weighted by molar-refractivity contribution is 6.13. The molecule has 0 unspecified atom stereocenters. The summed E-state index contributed by atoms with van der Waals surface area (Å²) >= 11 is 0. The molecular weight excluding hydrogens is 671 g/mol. The van der Waals surface area contributed by atoms with Crippen LogP contribution >= 0.6 is 0 Å². The third kappa shape index (κ3) is 4.39. The van der Waals surface area contributed by atoms with Gasteiger partial charge >= 0.3 is 0 Å². The lowest BCUT2D eigenvalue weighted by molar-refractivity contribution is 1.16. The number of benzene rings is 8. The van der Waals surface area contributed by atoms with Crippen molar-refractivity contribution < 1.29 is 0 Å². The smallest absolute Gasteiger partial charge is 0.0998 e. The van der Waals surface area contributed by atoms with Gasteiger partial charge in [-0.25, -0.2) is 0 Å². The Morgan fingerprint density at radius 2 is 0.818 bits per heavy atom. The van der Waals surface area contributed by atoms with Gasteiger partial charge in [0, 0.05) is 49.3 Å². The fourth-order valence-electron chi connectivity index (χ4n) is 8.85. The molecule has 0 aliphatic rings. The average Bonchev–Trinajstić information content (AvgIpc) is 3.89. The van der Waals surface area contributed by atoms with Crippen molar-refractivity contribution in [1.82, 2.24) is 13.7 Å². The van der Waals surface area contributed by atoms with Gasteiger partial charge < -0.3 is 13.7 Å². The molecule has 0 amide bonds. The van der Waals surface area contributed by atoms with Crippen LogP contribution in [0.3, 0.4) is 0 Å². The molecule has 3 aromatic heterocycles. The summed E-state index contributed by atoms with van der Waals surface area (Å²) in [5.74, 6) is 0. The van der Waals surface area contributed by atoms with E-state index in [1.54, 1.807) is 0 Å². The summed E-state index contributed by atoms with van der Waals surface area (Å²) in [4.78, 5) is 0. The van der Waals surface area contributed by atoms with E-state index in [0.717, 1.165) is 61.0 Å². The molecule has 0 radical (unpaired) electrons. The van der Waals surface area contributed by atoms with Crippen LogP contribution in [-0.4, -0.2) is 13.7 Å². The van der Waals surface area contributed by atoms with Gasteiger partial charge in [0.05, 0.1) is 62.1 Å². The second-order valence-electron chi connectivity index (χ2n) is 13.9. The van der Waals surface area contributed by atoms with Crippen molar-refractivity contribution >= 4 is 65.4 Å². The molecule has 254 valence electrons. The topological polar surface area (TPSA) is 62.4 Å². The molecule has 0 N–H and O–H groups in total. The maximum Gasteiger partial charge on any atom is 0.0998 e. The van der Waals surface area contributed by atoms with E-state index in [1.165, 1.54) is 32.6 Å². The summed E-state index contributed by atoms with van der Waals surface area (Å²) in [5, 5.41) is 27.3. The normalized spacial score (nSPS) is 11.6. The van der Waals surface area contributed by atoms with Crippen LogP contribution < -0.4 is 0 Å². The lowest BCUT2D eigenvalue weighted by Gasteiger charge is -2.16. The van der Waals surface area contributed by atoms with Gasteiger partial charge in [0.15, 0.2) is 0 Å². The van der Waals surface area contributed by atoms with Crippen molar-refractivity contribution in [3.05, 3.63) is 187 Å². The molecule has 55 heavy (non-hydrogen) atoms. The van der Waals surface area contributed by atoms with Gasteiger partial charge in [-0.1, -0.05) is 97.1 Å². The monoisotopic (exact) mass is 699 g/mol. The third-order valence-corrected chi connectivity index (χ3v) is 11.1. The minimum atomic E-state index is 0.585. The second kappa shape index (κ2) is 11.8. The quantitative estimate of drug-likeness (QED) is 0.184. The number of para-hydroxylation sites is 4. The lowest BCUT2D eigenvalue weighted by Crippen LogP contribution is -2.00. The molecule has 0 atom stereocenters. The van der Waals surface area contributed by atoms with Gasteiger partial charge in [-0.05, 0) is 84.4 Å². The van der Waals surface area contributed by atoms with Crippen molar-refractivity contribution in [2.75, 3.05) is 0 Å². The van der Waals surface area contributed by atoms with Crippen LogP contribution in [0.25, 0.3) is 93.6 Å². The Hall–Kier alpha value is -7.86. The molecule has 0 spiro atoms. The number of fused-ring (bicyclic) bond motifs is 9. The Balaban J connectivity index is 1.09. The highest BCUT2D eigenvalue weighted by Crippen LogP contribution is 2.40. The Labute approximate surface area is 316 Å². The lowest BCUT2D eigenvalue weighted by atomic mass is 9.97. The Kier molecular flexibility index (Phi) is 6.61. The standard InChI is InChI=1S/C50H29N5/c51-30-33-11-9-21-47(55-45-20-8-4-16-40(45)50-34(31-52)12-10-22-48(50)55)49(33)32-23-25-35(26-24-32)53-44-19-7-3-15-39(44)41-29-36(27-28-46(41)53)54-42-17-5-1-13-37(42)38-14-2-6-18-43(38)54/h1-29H. The van der Waals surface area contributed by atoms with E-state index >= 15 is 0 Å². The SMILES string of the molecule is N#Cc1cccc(-n2c3ccccc3c3c(C#N)cccc32)c1-c1ccc(-n2c3ccccc3c3cc(-n4c5ccccc5c5ccccc54)ccc32)cc1. The van der Waals surface area contributed by atoms with E-state index in [-0.39, 0.29) is 0 Å². The number of aromatic nitrogens is 3. The first-order chi connectivity index (χ1) is 27.2. The van der Waals surface area contributed by atoms with Gasteiger partial charge in [-0.3, -0.25) is 0 Å². The molecule has 11 aromatic rings. The van der Waals surface area contributed by atoms with E-state index in [4.69, 9.17) is 0 Å². The third-order valence-electron chi connectivity index (χ3n) is 11.1. The van der Waals surface area contributed by atoms with Gasteiger partial charge in [0.1, 0.15) is 0 Å². The maximum atomic E-state index is 10.5. The van der Waals surface area contributed by atoms with E-state index in [2.05, 4.69) is 165 Å². The fraction of sp³-hybridized carbons (Fsp3) is 0. The zero-order valence-electron chi connectivity index (χ0n) is 29.5. The predicted molar refractivity (Wildman–Crippen MR) is 224 cm³/mol. The minimum Gasteiger partial charge on any atom is -0.309 e. The first-order valence-corrected chi connectivity index (χ1v) is 18.3. The highest BCUT2D eigenvalue weighted by atomic mass is 15.0. The van der Waals surface area contributed by atoms with Gasteiger partial charge in [0.2, 0.25) is 0 Å². The van der Waals surface area contributed by atoms with Crippen LogP contribution in [0, 0.1) is 22.7 Å². The number of nitrogens with zero attached hydrogens (tertiary/aromatic N) is 5. The predicted octanol–water partition coefficient (Wildman–Crippen LogP) is 12.4. The summed E-state index contributed by atoms with van der Waals surface area (Å²) < 4.78 is 6.89. The molecular formula is C50H29N5. The van der Waals surface area contributed by atoms with Crippen LogP contribution in [0.1, 0.15) is 11.1 Å². The van der Waals surface area contributed by atoms with Crippen LogP contribution in [0.15, 0.2) is 176 Å². The second-order valence-corrected chi connectivity index (χ2v) is 13.9. The van der Waals surface area contributed by atoms with Gasteiger partial charge in [0.25, 0.3) is 0 Å². The van der Waals surface area contributed by atoms with Crippen LogP contribution in [0.5, 0.6) is 0 Å². The molecule has 5 heteroatoms. The summed E-state index contributed by atoms with van der Waals surface area (Å²) in [5.41, 5.74) is 12.6. The number of nitriles is 2. The Morgan fingerprint density at radius 1 is 0.345 bits per heavy atom. The molecule has 0 aliphatic heterocycles. The highest BCUT2D eigenvalue weighted by Gasteiger charge is 2.21. The Morgan fingerprint density at radius 3 is 1.45 bits per heavy atom. The van der Waals surface area contributed by atoms with Crippen LogP contribution in [-0.2, 0) is 0 Å². The summed E-state index contributed by atoms with van der Waals surface area (Å²) in [6.07, 6.45) is 0. The van der Waals surface area contributed by atoms with E-state index in [0.29, 0.717) is 11.1 Å². The first kappa shape index (κ1) is 30.7. The summed E-state index contributed by atoms with van der Waals surface area (Å²) in [6.45, 7) is 0. The molecule has 0 aliphatic carbocycles. The van der Waals surface area contributed by atoms with Crippen molar-refractivity contribution in [2.45, 2.75) is 0 Å². The number of hydrogen-bond donors (Lipinski definition) is 0. The maximum absolute atomic E-state index is 10.5. The fourth-order valence-corrected chi connectivity index (χ4v) is 8.85. The molecule has 5 nitrogen and oxygen atoms in total. The van der Waals surface area contributed by atoms with Crippen molar-refractivity contribution in [2.24, 2.45) is 0 Å². The molecule has 8 aromatic carbocycles. The average molecular weight is 700 g/mol. The minimum absolute atomic E-state index is 0.585. The molecule has 0 fully saturated rings. The van der Waals surface area contributed by atoms with E-state index in [1.807, 2.05) is 36.4 Å². The Bertz CT molecular complexity index is 3400. The zero-order valence-corrected chi connectivity index (χ0v) is 29.5.